The quantitative estimate of drug-likeness (QED) is 0.656. The topological polar surface area (TPSA) is 26.0 Å². The Bertz CT molecular complexity index is 378. The maximum atomic E-state index is 5.61. The van der Waals surface area contributed by atoms with Gasteiger partial charge in [-0.05, 0) is 79.6 Å². The van der Waals surface area contributed by atoms with Gasteiger partial charge in [0.15, 0.2) is 0 Å². The minimum atomic E-state index is 0.862. The molecule has 7 unspecified atom stereocenters. The molecule has 0 amide bonds. The van der Waals surface area contributed by atoms with Gasteiger partial charge in [-0.3, -0.25) is 0 Å². The van der Waals surface area contributed by atoms with Gasteiger partial charge in [-0.2, -0.15) is 0 Å². The predicted molar refractivity (Wildman–Crippen MR) is 88.9 cm³/mol. The molecule has 0 aromatic heterocycles. The van der Waals surface area contributed by atoms with Gasteiger partial charge >= 0.3 is 0 Å². The summed E-state index contributed by atoms with van der Waals surface area (Å²) in [6.45, 7) is 3.43. The second-order valence-corrected chi connectivity index (χ2v) is 9.26. The minimum Gasteiger partial charge on any atom is -0.330 e. The molecule has 1 heteroatoms. The molecule has 0 bridgehead atoms. The summed E-state index contributed by atoms with van der Waals surface area (Å²) in [5.41, 5.74) is 6.47. The number of nitrogens with two attached hydrogens (primary N) is 1. The second-order valence-electron chi connectivity index (χ2n) is 9.26. The van der Waals surface area contributed by atoms with Crippen LogP contribution in [0.25, 0.3) is 0 Å². The fourth-order valence-electron chi connectivity index (χ4n) is 7.23. The zero-order chi connectivity index (χ0) is 14.4. The molecule has 7 atom stereocenters. The van der Waals surface area contributed by atoms with E-state index < -0.39 is 0 Å². The molecule has 4 fully saturated rings. The van der Waals surface area contributed by atoms with Crippen LogP contribution in [0, 0.1) is 40.9 Å². The molecule has 4 rings (SSSR count). The lowest BCUT2D eigenvalue weighted by atomic mass is 9.59. The third-order valence-corrected chi connectivity index (χ3v) is 7.87. The molecular weight excluding hydrogens is 254 g/mol. The third kappa shape index (κ3) is 2.48. The molecule has 120 valence electrons. The van der Waals surface area contributed by atoms with Crippen molar-refractivity contribution in [3.8, 4) is 0 Å². The molecule has 0 aliphatic heterocycles. The number of fused-ring (bicyclic) bond motifs is 1. The number of rotatable bonds is 7. The summed E-state index contributed by atoms with van der Waals surface area (Å²) < 4.78 is 0. The van der Waals surface area contributed by atoms with Crippen LogP contribution in [0.15, 0.2) is 0 Å². The molecule has 1 nitrogen and oxygen atoms in total. The molecular formula is C20H35N. The summed E-state index contributed by atoms with van der Waals surface area (Å²) in [6, 6.07) is 0. The molecule has 0 heterocycles. The standard InChI is InChI=1S/C20H35N/c1-14-11-20(13-17-18(14)19(17)20)12-16-8-5-7-15(10-16)6-3-2-4-9-21/h14-19H,2-13,21H2,1H3. The average Bonchev–Trinajstić information content (AvgIpc) is 3.04. The van der Waals surface area contributed by atoms with Crippen LogP contribution in [0.1, 0.15) is 77.6 Å². The highest BCUT2D eigenvalue weighted by Gasteiger charge is 2.76. The summed E-state index contributed by atoms with van der Waals surface area (Å²) in [7, 11) is 0. The first-order valence-electron chi connectivity index (χ1n) is 9.93. The maximum absolute atomic E-state index is 5.61. The van der Waals surface area contributed by atoms with Crippen LogP contribution >= 0.6 is 0 Å². The van der Waals surface area contributed by atoms with Crippen LogP contribution in [0.5, 0.6) is 0 Å². The van der Waals surface area contributed by atoms with Crippen LogP contribution in [-0.2, 0) is 0 Å². The molecule has 0 radical (unpaired) electrons. The summed E-state index contributed by atoms with van der Waals surface area (Å²) >= 11 is 0. The van der Waals surface area contributed by atoms with Crippen LogP contribution in [0.3, 0.4) is 0 Å². The van der Waals surface area contributed by atoms with Gasteiger partial charge in [-0.15, -0.1) is 0 Å². The van der Waals surface area contributed by atoms with Crippen molar-refractivity contribution in [2.75, 3.05) is 6.54 Å². The zero-order valence-electron chi connectivity index (χ0n) is 14.0. The lowest BCUT2D eigenvalue weighted by Gasteiger charge is -2.46. The number of hydrogen-bond acceptors (Lipinski definition) is 1. The Morgan fingerprint density at radius 2 is 1.90 bits per heavy atom. The smallest absolute Gasteiger partial charge is 0.00773 e. The average molecular weight is 290 g/mol. The highest BCUT2D eigenvalue weighted by molar-refractivity contribution is 5.24. The van der Waals surface area contributed by atoms with Gasteiger partial charge in [0.05, 0.1) is 0 Å². The van der Waals surface area contributed by atoms with E-state index in [4.69, 9.17) is 5.73 Å². The Morgan fingerprint density at radius 1 is 1.05 bits per heavy atom. The van der Waals surface area contributed by atoms with Crippen molar-refractivity contribution < 1.29 is 0 Å². The Hall–Kier alpha value is -0.0400. The first kappa shape index (κ1) is 14.5. The van der Waals surface area contributed by atoms with Crippen LogP contribution < -0.4 is 5.73 Å². The lowest BCUT2D eigenvalue weighted by molar-refractivity contribution is 0.0411. The maximum Gasteiger partial charge on any atom is -0.00773 e. The molecule has 4 aliphatic carbocycles. The fraction of sp³-hybridized carbons (Fsp3) is 1.00. The Morgan fingerprint density at radius 3 is 2.62 bits per heavy atom. The predicted octanol–water partition coefficient (Wildman–Crippen LogP) is 4.99. The van der Waals surface area contributed by atoms with E-state index in [9.17, 15) is 0 Å². The van der Waals surface area contributed by atoms with Crippen LogP contribution in [0.4, 0.5) is 0 Å². The molecule has 0 spiro atoms. The summed E-state index contributed by atoms with van der Waals surface area (Å²) in [6.07, 6.45) is 16.5. The van der Waals surface area contributed by atoms with Crippen molar-refractivity contribution in [3.05, 3.63) is 0 Å². The van der Waals surface area contributed by atoms with Crippen molar-refractivity contribution in [2.24, 2.45) is 46.7 Å². The highest BCUT2D eigenvalue weighted by Crippen LogP contribution is 2.82. The van der Waals surface area contributed by atoms with Gasteiger partial charge in [-0.25, -0.2) is 0 Å². The molecule has 0 aromatic carbocycles. The zero-order valence-corrected chi connectivity index (χ0v) is 14.0. The van der Waals surface area contributed by atoms with E-state index in [1.54, 1.807) is 32.1 Å². The number of unbranched alkanes of at least 4 members (excludes halogenated alkanes) is 2. The number of hydrogen-bond donors (Lipinski definition) is 1. The van der Waals surface area contributed by atoms with Crippen molar-refractivity contribution in [1.29, 1.82) is 0 Å². The first-order chi connectivity index (χ1) is 10.2. The van der Waals surface area contributed by atoms with Crippen LogP contribution in [0.2, 0.25) is 0 Å². The Kier molecular flexibility index (Phi) is 3.84. The van der Waals surface area contributed by atoms with Gasteiger partial charge in [0, 0.05) is 0 Å². The Labute approximate surface area is 131 Å². The van der Waals surface area contributed by atoms with Crippen molar-refractivity contribution >= 4 is 0 Å². The van der Waals surface area contributed by atoms with E-state index in [1.165, 1.54) is 56.3 Å². The lowest BCUT2D eigenvalue weighted by Crippen LogP contribution is -2.36. The van der Waals surface area contributed by atoms with Gasteiger partial charge in [-0.1, -0.05) is 45.4 Å². The second kappa shape index (κ2) is 5.55. The Balaban J connectivity index is 1.25. The van der Waals surface area contributed by atoms with E-state index in [-0.39, 0.29) is 0 Å². The molecule has 0 saturated heterocycles. The van der Waals surface area contributed by atoms with E-state index in [1.807, 2.05) is 0 Å². The largest absolute Gasteiger partial charge is 0.330 e. The summed E-state index contributed by atoms with van der Waals surface area (Å²) in [5.74, 6) is 6.81. The normalized spacial score (nSPS) is 50.6. The minimum absolute atomic E-state index is 0.862. The molecule has 4 aliphatic rings. The van der Waals surface area contributed by atoms with Crippen molar-refractivity contribution in [1.82, 2.24) is 0 Å². The van der Waals surface area contributed by atoms with E-state index in [2.05, 4.69) is 6.92 Å². The fourth-order valence-corrected chi connectivity index (χ4v) is 7.23. The van der Waals surface area contributed by atoms with E-state index in [0.29, 0.717) is 0 Å². The van der Waals surface area contributed by atoms with Crippen molar-refractivity contribution in [2.45, 2.75) is 77.6 Å². The van der Waals surface area contributed by atoms with Gasteiger partial charge in [0.25, 0.3) is 0 Å². The monoisotopic (exact) mass is 289 g/mol. The van der Waals surface area contributed by atoms with Gasteiger partial charge < -0.3 is 5.73 Å². The van der Waals surface area contributed by atoms with Crippen molar-refractivity contribution in [3.63, 3.8) is 0 Å². The SMILES string of the molecule is CC1CC2(CC3CCCC(CCCCCN)C3)CC3C1C32. The molecule has 0 aromatic rings. The molecule has 21 heavy (non-hydrogen) atoms. The highest BCUT2D eigenvalue weighted by atomic mass is 14.8. The third-order valence-electron chi connectivity index (χ3n) is 7.87. The molecule has 4 saturated carbocycles. The first-order valence-corrected chi connectivity index (χ1v) is 9.93. The van der Waals surface area contributed by atoms with Gasteiger partial charge in [0.1, 0.15) is 0 Å². The van der Waals surface area contributed by atoms with E-state index in [0.717, 1.165) is 29.7 Å². The summed E-state index contributed by atoms with van der Waals surface area (Å²) in [4.78, 5) is 0. The summed E-state index contributed by atoms with van der Waals surface area (Å²) in [5, 5.41) is 0. The van der Waals surface area contributed by atoms with Crippen LogP contribution in [-0.4, -0.2) is 6.54 Å². The molecule has 2 N–H and O–H groups in total. The van der Waals surface area contributed by atoms with E-state index >= 15 is 0 Å². The van der Waals surface area contributed by atoms with Gasteiger partial charge in [0.2, 0.25) is 0 Å².